The molecular formula is C5H9N3NaO4+. The van der Waals surface area contributed by atoms with Crippen LogP contribution >= 0.6 is 0 Å². The van der Waals surface area contributed by atoms with E-state index >= 15 is 0 Å². The van der Waals surface area contributed by atoms with Crippen molar-refractivity contribution in [3.63, 3.8) is 0 Å². The minimum Gasteiger partial charge on any atom is -0.569 e. The van der Waals surface area contributed by atoms with Crippen LogP contribution in [0.5, 0.6) is 0 Å². The fourth-order valence-electron chi connectivity index (χ4n) is 1.26. The molecule has 1 fully saturated rings. The van der Waals surface area contributed by atoms with E-state index in [9.17, 15) is 10.0 Å². The van der Waals surface area contributed by atoms with Gasteiger partial charge in [-0.15, -0.1) is 5.01 Å². The molecule has 1 saturated heterocycles. The van der Waals surface area contributed by atoms with Crippen LogP contribution in [0.1, 0.15) is 12.8 Å². The maximum atomic E-state index is 10.7. The van der Waals surface area contributed by atoms with E-state index in [1.807, 2.05) is 0 Å². The summed E-state index contributed by atoms with van der Waals surface area (Å²) in [6, 6.07) is -0.863. The largest absolute Gasteiger partial charge is 1.00 e. The Morgan fingerprint density at radius 1 is 1.69 bits per heavy atom. The molecular weight excluding hydrogens is 189 g/mol. The second-order valence-corrected chi connectivity index (χ2v) is 2.50. The molecule has 1 rings (SSSR count). The normalized spacial score (nSPS) is 22.6. The summed E-state index contributed by atoms with van der Waals surface area (Å²) in [5.74, 6) is -1.07. The Morgan fingerprint density at radius 2 is 2.31 bits per heavy atom. The van der Waals surface area contributed by atoms with Crippen molar-refractivity contribution in [2.24, 2.45) is 5.28 Å². The third kappa shape index (κ3) is 2.71. The Bertz CT molecular complexity index is 222. The summed E-state index contributed by atoms with van der Waals surface area (Å²) in [5.41, 5.74) is 0. The van der Waals surface area contributed by atoms with E-state index in [1.54, 1.807) is 0 Å². The number of hydrazine groups is 1. The van der Waals surface area contributed by atoms with Gasteiger partial charge in [-0.05, 0) is 12.8 Å². The zero-order chi connectivity index (χ0) is 9.14. The predicted molar refractivity (Wildman–Crippen MR) is 35.2 cm³/mol. The molecule has 1 heterocycles. The second kappa shape index (κ2) is 5.25. The Morgan fingerprint density at radius 3 is 2.77 bits per heavy atom. The van der Waals surface area contributed by atoms with Crippen molar-refractivity contribution < 1.29 is 49.6 Å². The molecule has 0 saturated carbocycles. The first-order valence-corrected chi connectivity index (χ1v) is 3.48. The van der Waals surface area contributed by atoms with E-state index in [0.717, 1.165) is 5.01 Å². The fourth-order valence-corrected chi connectivity index (χ4v) is 1.26. The molecule has 8 heteroatoms. The van der Waals surface area contributed by atoms with Crippen LogP contribution < -0.4 is 29.6 Å². The van der Waals surface area contributed by atoms with Crippen LogP contribution in [0, 0.1) is 5.21 Å². The van der Waals surface area contributed by atoms with Gasteiger partial charge < -0.3 is 15.5 Å². The number of hydrogen-bond acceptors (Lipinski definition) is 3. The Kier molecular flexibility index (Phi) is 5.04. The number of carbonyl (C=O) groups is 1. The van der Waals surface area contributed by atoms with Gasteiger partial charge in [0.25, 0.3) is 0 Å². The number of hydrogen-bond donors (Lipinski definition) is 2. The zero-order valence-corrected chi connectivity index (χ0v) is 9.25. The summed E-state index contributed by atoms with van der Waals surface area (Å²) in [4.78, 5) is 10.4. The van der Waals surface area contributed by atoms with E-state index in [1.165, 1.54) is 0 Å². The summed E-state index contributed by atoms with van der Waals surface area (Å²) < 4.78 is 0. The number of carboxylic acids is 1. The zero-order valence-electron chi connectivity index (χ0n) is 7.25. The van der Waals surface area contributed by atoms with Crippen molar-refractivity contribution in [2.75, 3.05) is 6.54 Å². The molecule has 0 aromatic rings. The smallest absolute Gasteiger partial charge is 0.569 e. The first-order valence-electron chi connectivity index (χ1n) is 3.48. The molecule has 7 nitrogen and oxygen atoms in total. The Balaban J connectivity index is 0.00000144. The van der Waals surface area contributed by atoms with Gasteiger partial charge in [0, 0.05) is 0 Å². The van der Waals surface area contributed by atoms with E-state index in [2.05, 4.69) is 5.28 Å². The minimum absolute atomic E-state index is 0. The van der Waals surface area contributed by atoms with Crippen molar-refractivity contribution in [1.82, 2.24) is 5.01 Å². The topological polar surface area (TPSA) is 99.2 Å². The van der Waals surface area contributed by atoms with Crippen molar-refractivity contribution >= 4 is 5.97 Å². The molecule has 0 amide bonds. The van der Waals surface area contributed by atoms with E-state index in [0.29, 0.717) is 19.4 Å². The van der Waals surface area contributed by atoms with Gasteiger partial charge in [0.1, 0.15) is 0 Å². The molecule has 2 N–H and O–H groups in total. The van der Waals surface area contributed by atoms with Crippen LogP contribution in [-0.2, 0) is 4.79 Å². The molecule has 0 spiro atoms. The van der Waals surface area contributed by atoms with Crippen molar-refractivity contribution in [2.45, 2.75) is 18.9 Å². The first-order chi connectivity index (χ1) is 5.66. The van der Waals surface area contributed by atoms with Gasteiger partial charge >= 0.3 is 35.5 Å². The van der Waals surface area contributed by atoms with Gasteiger partial charge in [-0.2, -0.15) is 0 Å². The predicted octanol–water partition coefficient (Wildman–Crippen LogP) is -3.19. The molecule has 1 aliphatic heterocycles. The maximum Gasteiger partial charge on any atom is 1.00 e. The first kappa shape index (κ1) is 12.5. The third-order valence-corrected chi connectivity index (χ3v) is 1.81. The van der Waals surface area contributed by atoms with Crippen LogP contribution in [-0.4, -0.2) is 38.8 Å². The maximum absolute atomic E-state index is 10.7. The van der Waals surface area contributed by atoms with Gasteiger partial charge in [-0.1, -0.05) is 0 Å². The van der Waals surface area contributed by atoms with E-state index < -0.39 is 12.0 Å². The third-order valence-electron chi connectivity index (χ3n) is 1.81. The van der Waals surface area contributed by atoms with Crippen LogP contribution in [0.15, 0.2) is 5.28 Å². The van der Waals surface area contributed by atoms with Crippen LogP contribution in [0.4, 0.5) is 0 Å². The van der Waals surface area contributed by atoms with Crippen molar-refractivity contribution in [1.29, 1.82) is 0 Å². The molecule has 0 bridgehead atoms. The molecule has 1 atom stereocenters. The minimum atomic E-state index is -1.07. The molecule has 0 radical (unpaired) electrons. The fraction of sp³-hybridized carbons (Fsp3) is 0.800. The SMILES string of the molecule is O=C(O)[C@@H]1CCCN1[N+]([O-])=NO.[Na+]. The standard InChI is InChI=1S/C5H9N3O4.Na/c9-5(10)4-2-1-3-7(4)8(12)6-11;/h4,11H,1-3H2,(H,9,10);/q;+1/t4-;/m0./s1. The summed E-state index contributed by atoms with van der Waals surface area (Å²) in [5, 5.41) is 30.7. The second-order valence-electron chi connectivity index (χ2n) is 2.50. The van der Waals surface area contributed by atoms with Gasteiger partial charge in [-0.25, -0.2) is 4.79 Å². The average molecular weight is 198 g/mol. The van der Waals surface area contributed by atoms with Crippen LogP contribution in [0.2, 0.25) is 0 Å². The monoisotopic (exact) mass is 198 g/mol. The summed E-state index contributed by atoms with van der Waals surface area (Å²) in [6.45, 7) is 0.310. The quantitative estimate of drug-likeness (QED) is 0.211. The van der Waals surface area contributed by atoms with Crippen LogP contribution in [0.3, 0.4) is 0 Å². The molecule has 1 aliphatic rings. The average Bonchev–Trinajstić information content (AvgIpc) is 2.50. The number of carboxylic acid groups (broad SMARTS) is 1. The van der Waals surface area contributed by atoms with Gasteiger partial charge in [0.2, 0.25) is 5.28 Å². The Labute approximate surface area is 96.4 Å². The number of aliphatic carboxylic acids is 1. The van der Waals surface area contributed by atoms with Crippen LogP contribution in [0.25, 0.3) is 0 Å². The summed E-state index contributed by atoms with van der Waals surface area (Å²) in [6.07, 6.45) is 1.02. The molecule has 0 aromatic heterocycles. The van der Waals surface area contributed by atoms with Gasteiger partial charge in [-0.3, -0.25) is 0 Å². The van der Waals surface area contributed by atoms with E-state index in [-0.39, 0.29) is 34.5 Å². The summed E-state index contributed by atoms with van der Waals surface area (Å²) in [7, 11) is 0. The van der Waals surface area contributed by atoms with E-state index in [4.69, 9.17) is 10.3 Å². The van der Waals surface area contributed by atoms with Gasteiger partial charge in [0.15, 0.2) is 6.04 Å². The number of rotatable bonds is 2. The molecule has 0 aliphatic carbocycles. The van der Waals surface area contributed by atoms with Crippen molar-refractivity contribution in [3.05, 3.63) is 5.21 Å². The molecule has 68 valence electrons. The number of nitrogens with zero attached hydrogens (tertiary/aromatic N) is 3. The molecule has 0 unspecified atom stereocenters. The molecule has 13 heavy (non-hydrogen) atoms. The van der Waals surface area contributed by atoms with Crippen molar-refractivity contribution in [3.8, 4) is 0 Å². The summed E-state index contributed by atoms with van der Waals surface area (Å²) >= 11 is 0. The van der Waals surface area contributed by atoms with Gasteiger partial charge in [0.05, 0.1) is 11.5 Å². The molecule has 0 aromatic carbocycles. The Hall–Kier alpha value is -0.530.